The Bertz CT molecular complexity index is 4910. The lowest BCUT2D eigenvalue weighted by Crippen LogP contribution is -2.08. The molecule has 4 aromatic heterocycles. The van der Waals surface area contributed by atoms with Crippen molar-refractivity contribution in [3.05, 3.63) is 279 Å². The van der Waals surface area contributed by atoms with Gasteiger partial charge in [0.1, 0.15) is 0 Å². The SMILES string of the molecule is c1ccc(-c2nc(-c3ccccc3)nc(-c3nc(-c4nc(-c5ccccc5)nc(-c5ccccc5)n4)nc(-c4cc(-c5ccccc5)c5ccc6c(-c7nc(-c8ccccc8)nc(-c8ccccc8)n7)cc(-c7ccccc7)c7ccc4c5c76)n3)n2)cc1. The number of hydrogen-bond donors (Lipinski definition) is 0. The first-order valence-electron chi connectivity index (χ1n) is 28.9. The lowest BCUT2D eigenvalue weighted by molar-refractivity contribution is 0.978. The minimum absolute atomic E-state index is 0.193. The number of aromatic nitrogens is 12. The molecule has 0 unspecified atom stereocenters. The van der Waals surface area contributed by atoms with Crippen LogP contribution in [0, 0.1) is 0 Å². The van der Waals surface area contributed by atoms with E-state index in [4.69, 9.17) is 59.8 Å². The summed E-state index contributed by atoms with van der Waals surface area (Å²) in [4.78, 5) is 62.8. The topological polar surface area (TPSA) is 155 Å². The van der Waals surface area contributed by atoms with Gasteiger partial charge in [0, 0.05) is 44.5 Å². The van der Waals surface area contributed by atoms with Crippen molar-refractivity contribution in [3.8, 4) is 137 Å². The molecule has 0 spiro atoms. The van der Waals surface area contributed by atoms with Crippen molar-refractivity contribution in [2.24, 2.45) is 0 Å². The molecule has 16 rings (SSSR count). The molecule has 0 bridgehead atoms. The van der Waals surface area contributed by atoms with Crippen LogP contribution in [-0.2, 0) is 0 Å². The molecule has 16 aromatic rings. The number of hydrogen-bond acceptors (Lipinski definition) is 12. The summed E-state index contributed by atoms with van der Waals surface area (Å²) >= 11 is 0. The smallest absolute Gasteiger partial charge is 0.202 e. The lowest BCUT2D eigenvalue weighted by Gasteiger charge is -2.21. The van der Waals surface area contributed by atoms with Crippen molar-refractivity contribution in [2.45, 2.75) is 0 Å². The van der Waals surface area contributed by atoms with Gasteiger partial charge in [-0.2, -0.15) is 0 Å². The van der Waals surface area contributed by atoms with Crippen molar-refractivity contribution in [1.82, 2.24) is 59.8 Å². The van der Waals surface area contributed by atoms with E-state index in [1.54, 1.807) is 0 Å². The van der Waals surface area contributed by atoms with Crippen LogP contribution in [0.1, 0.15) is 0 Å². The predicted octanol–water partition coefficient (Wildman–Crippen LogP) is 17.3. The van der Waals surface area contributed by atoms with Crippen LogP contribution in [-0.4, -0.2) is 59.8 Å². The molecule has 410 valence electrons. The van der Waals surface area contributed by atoms with Gasteiger partial charge in [-0.1, -0.05) is 267 Å². The minimum atomic E-state index is 0.193. The second-order valence-electron chi connectivity index (χ2n) is 21.2. The van der Waals surface area contributed by atoms with Gasteiger partial charge >= 0.3 is 0 Å². The molecule has 12 heteroatoms. The van der Waals surface area contributed by atoms with Gasteiger partial charge in [0.15, 0.2) is 46.6 Å². The normalized spacial score (nSPS) is 11.4. The summed E-state index contributed by atoms with van der Waals surface area (Å²) in [5.74, 6) is 4.70. The standard InChI is InChI=1S/C76H46N12/c1-9-25-47(26-10-1)59-45-61(71-80-65(49-29-13-3-14-30-49)77-66(81-71)50-31-15-4-16-32-50)57-43-41-56-60(48-27-11-2-12-28-48)46-62(58-44-42-55(59)63(57)64(56)58)72-86-75(73-82-67(51-33-17-5-18-34-51)78-68(83-73)52-35-19-6-20-36-52)88-76(87-72)74-84-69(53-37-21-7-22-38-53)79-70(85-74)54-39-23-8-24-40-54/h1-46H. The highest BCUT2D eigenvalue weighted by Crippen LogP contribution is 2.48. The molecule has 12 nitrogen and oxygen atoms in total. The number of nitrogens with zero attached hydrogens (tertiary/aromatic N) is 12. The van der Waals surface area contributed by atoms with E-state index < -0.39 is 0 Å². The third-order valence-electron chi connectivity index (χ3n) is 15.7. The highest BCUT2D eigenvalue weighted by Gasteiger charge is 2.27. The molecule has 0 amide bonds. The fourth-order valence-electron chi connectivity index (χ4n) is 11.5. The first kappa shape index (κ1) is 51.4. The first-order valence-corrected chi connectivity index (χ1v) is 28.9. The highest BCUT2D eigenvalue weighted by molar-refractivity contribution is 6.31. The molecule has 0 N–H and O–H groups in total. The molecule has 0 fully saturated rings. The van der Waals surface area contributed by atoms with Gasteiger partial charge in [-0.3, -0.25) is 0 Å². The van der Waals surface area contributed by atoms with Gasteiger partial charge in [0.2, 0.25) is 23.3 Å². The summed E-state index contributed by atoms with van der Waals surface area (Å²) in [6.45, 7) is 0. The van der Waals surface area contributed by atoms with E-state index >= 15 is 0 Å². The van der Waals surface area contributed by atoms with Gasteiger partial charge in [-0.05, 0) is 66.7 Å². The van der Waals surface area contributed by atoms with Crippen molar-refractivity contribution in [1.29, 1.82) is 0 Å². The zero-order valence-electron chi connectivity index (χ0n) is 46.9. The Morgan fingerprint density at radius 2 is 0.307 bits per heavy atom. The Morgan fingerprint density at radius 3 is 0.545 bits per heavy atom. The molecule has 12 aromatic carbocycles. The molecule has 0 atom stereocenters. The van der Waals surface area contributed by atoms with Crippen LogP contribution in [0.2, 0.25) is 0 Å². The van der Waals surface area contributed by atoms with Crippen molar-refractivity contribution >= 4 is 32.3 Å². The molecule has 0 saturated heterocycles. The van der Waals surface area contributed by atoms with E-state index in [0.29, 0.717) is 46.6 Å². The largest absolute Gasteiger partial charge is 0.208 e. The zero-order chi connectivity index (χ0) is 58.3. The van der Waals surface area contributed by atoms with Crippen LogP contribution < -0.4 is 0 Å². The lowest BCUT2D eigenvalue weighted by atomic mass is 9.83. The molecule has 0 aliphatic heterocycles. The second kappa shape index (κ2) is 22.0. The minimum Gasteiger partial charge on any atom is -0.208 e. The van der Waals surface area contributed by atoms with Gasteiger partial charge in [-0.15, -0.1) is 0 Å². The zero-order valence-corrected chi connectivity index (χ0v) is 46.9. The highest BCUT2D eigenvalue weighted by atomic mass is 15.1. The third kappa shape index (κ3) is 9.58. The molecular weight excluding hydrogens is 1080 g/mol. The molecular formula is C76H46N12. The first-order chi connectivity index (χ1) is 43.6. The summed E-state index contributed by atoms with van der Waals surface area (Å²) in [5.41, 5.74) is 10.6. The van der Waals surface area contributed by atoms with Crippen molar-refractivity contribution in [2.75, 3.05) is 0 Å². The van der Waals surface area contributed by atoms with E-state index in [2.05, 4.69) is 84.9 Å². The summed E-state index contributed by atoms with van der Waals surface area (Å²) in [6, 6.07) is 93.9. The predicted molar refractivity (Wildman–Crippen MR) is 349 cm³/mol. The quantitative estimate of drug-likeness (QED) is 0.107. The number of rotatable bonds is 12. The Hall–Kier alpha value is -12.3. The molecule has 88 heavy (non-hydrogen) atoms. The van der Waals surface area contributed by atoms with Gasteiger partial charge in [0.25, 0.3) is 0 Å². The Balaban J connectivity index is 1.01. The molecule has 0 radical (unpaired) electrons. The van der Waals surface area contributed by atoms with Crippen LogP contribution >= 0.6 is 0 Å². The van der Waals surface area contributed by atoms with Crippen LogP contribution in [0.15, 0.2) is 279 Å². The molecule has 0 saturated carbocycles. The summed E-state index contributed by atoms with van der Waals surface area (Å²) in [7, 11) is 0. The molecule has 4 heterocycles. The maximum Gasteiger partial charge on any atom is 0.202 e. The Labute approximate surface area is 505 Å². The van der Waals surface area contributed by atoms with E-state index in [1.807, 2.05) is 194 Å². The summed E-state index contributed by atoms with van der Waals surface area (Å²) in [6.07, 6.45) is 0. The fraction of sp³-hybridized carbons (Fsp3) is 0. The van der Waals surface area contributed by atoms with E-state index in [9.17, 15) is 0 Å². The summed E-state index contributed by atoms with van der Waals surface area (Å²) < 4.78 is 0. The van der Waals surface area contributed by atoms with E-state index in [1.165, 1.54) is 0 Å². The maximum absolute atomic E-state index is 5.48. The average molecular weight is 1130 g/mol. The van der Waals surface area contributed by atoms with Crippen LogP contribution in [0.25, 0.3) is 169 Å². The third-order valence-corrected chi connectivity index (χ3v) is 15.7. The Kier molecular flexibility index (Phi) is 12.9. The van der Waals surface area contributed by atoms with Crippen LogP contribution in [0.4, 0.5) is 0 Å². The number of benzene rings is 12. The van der Waals surface area contributed by atoms with Gasteiger partial charge < -0.3 is 0 Å². The molecule has 0 aliphatic rings. The second-order valence-corrected chi connectivity index (χ2v) is 21.2. The van der Waals surface area contributed by atoms with E-state index in [-0.39, 0.29) is 23.3 Å². The monoisotopic (exact) mass is 1130 g/mol. The average Bonchev–Trinajstić information content (AvgIpc) is 0.763. The maximum atomic E-state index is 5.48. The Morgan fingerprint density at radius 1 is 0.136 bits per heavy atom. The van der Waals surface area contributed by atoms with Crippen molar-refractivity contribution < 1.29 is 0 Å². The molecule has 0 aliphatic carbocycles. The van der Waals surface area contributed by atoms with Gasteiger partial charge in [0.05, 0.1) is 0 Å². The van der Waals surface area contributed by atoms with Crippen molar-refractivity contribution in [3.63, 3.8) is 0 Å². The summed E-state index contributed by atoms with van der Waals surface area (Å²) in [5, 5.41) is 5.98. The fourth-order valence-corrected chi connectivity index (χ4v) is 11.5. The van der Waals surface area contributed by atoms with Crippen LogP contribution in [0.3, 0.4) is 0 Å². The van der Waals surface area contributed by atoms with Crippen LogP contribution in [0.5, 0.6) is 0 Å². The van der Waals surface area contributed by atoms with Gasteiger partial charge in [-0.25, -0.2) is 59.8 Å². The van der Waals surface area contributed by atoms with E-state index in [0.717, 1.165) is 99.1 Å².